The molecule has 0 radical (unpaired) electrons. The molecule has 1 rings (SSSR count). The van der Waals surface area contributed by atoms with Crippen LogP contribution in [0.15, 0.2) is 24.3 Å². The fraction of sp³-hybridized carbons (Fsp3) is 0.429. The van der Waals surface area contributed by atoms with Crippen molar-refractivity contribution in [3.8, 4) is 0 Å². The number of rotatable bonds is 7. The Kier molecular flexibility index (Phi) is 6.45. The molecule has 5 heteroatoms. The van der Waals surface area contributed by atoms with Gasteiger partial charge in [0.15, 0.2) is 0 Å². The number of ether oxygens (including phenoxy) is 1. The molecule has 0 fully saturated rings. The smallest absolute Gasteiger partial charge is 0.224 e. The zero-order valence-corrected chi connectivity index (χ0v) is 12.1. The van der Waals surface area contributed by atoms with Gasteiger partial charge in [0.1, 0.15) is 4.99 Å². The van der Waals surface area contributed by atoms with E-state index in [0.29, 0.717) is 30.1 Å². The van der Waals surface area contributed by atoms with Gasteiger partial charge in [-0.1, -0.05) is 24.4 Å². The second-order valence-corrected chi connectivity index (χ2v) is 4.96. The molecule has 0 aliphatic heterocycles. The third-order valence-electron chi connectivity index (χ3n) is 2.43. The Bertz CT molecular complexity index is 447. The van der Waals surface area contributed by atoms with E-state index in [1.54, 1.807) is 6.07 Å². The minimum Gasteiger partial charge on any atom is -0.389 e. The van der Waals surface area contributed by atoms with Gasteiger partial charge in [-0.2, -0.15) is 0 Å². The number of benzene rings is 1. The van der Waals surface area contributed by atoms with Crippen LogP contribution in [-0.2, 0) is 9.53 Å². The molecule has 0 spiro atoms. The van der Waals surface area contributed by atoms with Crippen LogP contribution in [0.3, 0.4) is 0 Å². The van der Waals surface area contributed by atoms with E-state index < -0.39 is 0 Å². The number of amides is 1. The van der Waals surface area contributed by atoms with Crippen molar-refractivity contribution in [2.75, 3.05) is 11.9 Å². The summed E-state index contributed by atoms with van der Waals surface area (Å²) in [6.45, 7) is 4.54. The summed E-state index contributed by atoms with van der Waals surface area (Å²) in [6.07, 6.45) is 1.34. The van der Waals surface area contributed by atoms with Gasteiger partial charge in [0.25, 0.3) is 0 Å². The van der Waals surface area contributed by atoms with E-state index in [1.165, 1.54) is 0 Å². The number of carbonyl (C=O) groups is 1. The first-order valence-electron chi connectivity index (χ1n) is 6.30. The van der Waals surface area contributed by atoms with Crippen molar-refractivity contribution < 1.29 is 9.53 Å². The van der Waals surface area contributed by atoms with E-state index in [1.807, 2.05) is 32.0 Å². The van der Waals surface area contributed by atoms with Crippen LogP contribution in [0.25, 0.3) is 0 Å². The lowest BCUT2D eigenvalue weighted by Crippen LogP contribution is -2.14. The highest BCUT2D eigenvalue weighted by Gasteiger charge is 2.04. The van der Waals surface area contributed by atoms with Crippen LogP contribution in [0.2, 0.25) is 0 Å². The Labute approximate surface area is 119 Å². The minimum atomic E-state index is -0.0348. The first kappa shape index (κ1) is 15.6. The Morgan fingerprint density at radius 3 is 2.84 bits per heavy atom. The summed E-state index contributed by atoms with van der Waals surface area (Å²) in [6, 6.07) is 7.20. The van der Waals surface area contributed by atoms with E-state index in [0.717, 1.165) is 5.56 Å². The summed E-state index contributed by atoms with van der Waals surface area (Å²) < 4.78 is 5.38. The maximum absolute atomic E-state index is 11.7. The zero-order chi connectivity index (χ0) is 14.3. The van der Waals surface area contributed by atoms with Crippen LogP contribution in [-0.4, -0.2) is 23.6 Å². The van der Waals surface area contributed by atoms with E-state index in [-0.39, 0.29) is 12.0 Å². The summed E-state index contributed by atoms with van der Waals surface area (Å²) in [5, 5.41) is 2.82. The van der Waals surface area contributed by atoms with Gasteiger partial charge in [-0.3, -0.25) is 4.79 Å². The SMILES string of the molecule is CC(C)OCCCC(=O)Nc1cccc(C(N)=S)c1. The molecule has 0 aliphatic rings. The minimum absolute atomic E-state index is 0.0348. The molecule has 3 N–H and O–H groups in total. The highest BCUT2D eigenvalue weighted by atomic mass is 32.1. The predicted molar refractivity (Wildman–Crippen MR) is 81.3 cm³/mol. The van der Waals surface area contributed by atoms with Crippen LogP contribution in [0.5, 0.6) is 0 Å². The quantitative estimate of drug-likeness (QED) is 0.595. The Morgan fingerprint density at radius 2 is 2.21 bits per heavy atom. The lowest BCUT2D eigenvalue weighted by Gasteiger charge is -2.08. The first-order valence-corrected chi connectivity index (χ1v) is 6.71. The third-order valence-corrected chi connectivity index (χ3v) is 2.67. The summed E-state index contributed by atoms with van der Waals surface area (Å²) >= 11 is 4.89. The maximum Gasteiger partial charge on any atom is 0.224 e. The number of hydrogen-bond donors (Lipinski definition) is 2. The lowest BCUT2D eigenvalue weighted by molar-refractivity contribution is -0.116. The van der Waals surface area contributed by atoms with Crippen molar-refractivity contribution in [2.24, 2.45) is 5.73 Å². The van der Waals surface area contributed by atoms with Gasteiger partial charge in [0.05, 0.1) is 6.10 Å². The third kappa shape index (κ3) is 6.31. The number of hydrogen-bond acceptors (Lipinski definition) is 3. The topological polar surface area (TPSA) is 64.3 Å². The van der Waals surface area contributed by atoms with Gasteiger partial charge in [-0.05, 0) is 32.4 Å². The Morgan fingerprint density at radius 1 is 1.47 bits per heavy atom. The summed E-state index contributed by atoms with van der Waals surface area (Å²) in [5.74, 6) is -0.0348. The Balaban J connectivity index is 2.40. The van der Waals surface area contributed by atoms with Crippen LogP contribution < -0.4 is 11.1 Å². The second-order valence-electron chi connectivity index (χ2n) is 4.52. The van der Waals surface area contributed by atoms with Gasteiger partial charge in [0.2, 0.25) is 5.91 Å². The molecule has 0 heterocycles. The molecule has 0 saturated carbocycles. The van der Waals surface area contributed by atoms with Crippen molar-refractivity contribution in [2.45, 2.75) is 32.8 Å². The van der Waals surface area contributed by atoms with E-state index in [4.69, 9.17) is 22.7 Å². The van der Waals surface area contributed by atoms with Gasteiger partial charge in [0, 0.05) is 24.3 Å². The standard InChI is InChI=1S/C14H20N2O2S/c1-10(2)18-8-4-7-13(17)16-12-6-3-5-11(9-12)14(15)19/h3,5-6,9-10H,4,7-8H2,1-2H3,(H2,15,19)(H,16,17). The van der Waals surface area contributed by atoms with Crippen LogP contribution >= 0.6 is 12.2 Å². The predicted octanol–water partition coefficient (Wildman–Crippen LogP) is 2.46. The van der Waals surface area contributed by atoms with Crippen molar-refractivity contribution in [1.29, 1.82) is 0 Å². The molecule has 0 saturated heterocycles. The molecule has 1 amide bonds. The second kappa shape index (κ2) is 7.86. The summed E-state index contributed by atoms with van der Waals surface area (Å²) in [4.78, 5) is 12.0. The number of anilines is 1. The maximum atomic E-state index is 11.7. The monoisotopic (exact) mass is 280 g/mol. The number of nitrogens with one attached hydrogen (secondary N) is 1. The molecule has 0 aromatic heterocycles. The van der Waals surface area contributed by atoms with E-state index >= 15 is 0 Å². The molecule has 0 aliphatic carbocycles. The average Bonchev–Trinajstić information content (AvgIpc) is 2.34. The van der Waals surface area contributed by atoms with E-state index in [9.17, 15) is 4.79 Å². The van der Waals surface area contributed by atoms with Crippen LogP contribution in [0.4, 0.5) is 5.69 Å². The number of nitrogens with two attached hydrogens (primary N) is 1. The fourth-order valence-corrected chi connectivity index (χ4v) is 1.65. The van der Waals surface area contributed by atoms with Crippen molar-refractivity contribution >= 4 is 28.8 Å². The zero-order valence-electron chi connectivity index (χ0n) is 11.3. The normalized spacial score (nSPS) is 10.5. The van der Waals surface area contributed by atoms with Crippen molar-refractivity contribution in [3.63, 3.8) is 0 Å². The van der Waals surface area contributed by atoms with Gasteiger partial charge in [-0.15, -0.1) is 0 Å². The van der Waals surface area contributed by atoms with Gasteiger partial charge >= 0.3 is 0 Å². The molecule has 0 unspecified atom stereocenters. The molecule has 1 aromatic carbocycles. The van der Waals surface area contributed by atoms with Crippen LogP contribution in [0, 0.1) is 0 Å². The van der Waals surface area contributed by atoms with Crippen molar-refractivity contribution in [3.05, 3.63) is 29.8 Å². The highest BCUT2D eigenvalue weighted by Crippen LogP contribution is 2.11. The Hall–Kier alpha value is -1.46. The molecule has 104 valence electrons. The first-order chi connectivity index (χ1) is 8.99. The van der Waals surface area contributed by atoms with E-state index in [2.05, 4.69) is 5.32 Å². The van der Waals surface area contributed by atoms with Crippen LogP contribution in [0.1, 0.15) is 32.3 Å². The molecule has 4 nitrogen and oxygen atoms in total. The van der Waals surface area contributed by atoms with Gasteiger partial charge < -0.3 is 15.8 Å². The fourth-order valence-electron chi connectivity index (χ4n) is 1.53. The highest BCUT2D eigenvalue weighted by molar-refractivity contribution is 7.80. The molecule has 0 bridgehead atoms. The molecule has 19 heavy (non-hydrogen) atoms. The summed E-state index contributed by atoms with van der Waals surface area (Å²) in [7, 11) is 0. The number of carbonyl (C=O) groups excluding carboxylic acids is 1. The molecule has 0 atom stereocenters. The molecule has 1 aromatic rings. The molecular formula is C14H20N2O2S. The van der Waals surface area contributed by atoms with Gasteiger partial charge in [-0.25, -0.2) is 0 Å². The largest absolute Gasteiger partial charge is 0.389 e. The lowest BCUT2D eigenvalue weighted by atomic mass is 10.2. The number of thiocarbonyl (C=S) groups is 1. The van der Waals surface area contributed by atoms with Crippen molar-refractivity contribution in [1.82, 2.24) is 0 Å². The average molecular weight is 280 g/mol. The molecular weight excluding hydrogens is 260 g/mol. The summed E-state index contributed by atoms with van der Waals surface area (Å²) in [5.41, 5.74) is 7.00.